The molecule has 1 unspecified atom stereocenters. The molecular formula is C25H27NO3. The van der Waals surface area contributed by atoms with Crippen LogP contribution in [0.4, 0.5) is 0 Å². The van der Waals surface area contributed by atoms with Gasteiger partial charge in [-0.05, 0) is 73.0 Å². The van der Waals surface area contributed by atoms with Crippen LogP contribution in [0.2, 0.25) is 0 Å². The van der Waals surface area contributed by atoms with Gasteiger partial charge in [0.05, 0.1) is 18.6 Å². The van der Waals surface area contributed by atoms with Gasteiger partial charge in [0, 0.05) is 0 Å². The minimum Gasteiger partial charge on any atom is -0.494 e. The van der Waals surface area contributed by atoms with Crippen LogP contribution < -0.4 is 4.74 Å². The molecule has 0 spiro atoms. The number of likely N-dealkylation sites (tertiary alicyclic amines) is 1. The lowest BCUT2D eigenvalue weighted by Gasteiger charge is -2.37. The summed E-state index contributed by atoms with van der Waals surface area (Å²) in [5.74, 6) is -0.0419. The van der Waals surface area contributed by atoms with Gasteiger partial charge in [0.1, 0.15) is 5.75 Å². The highest BCUT2D eigenvalue weighted by Gasteiger charge is 2.30. The molecule has 0 radical (unpaired) electrons. The highest BCUT2D eigenvalue weighted by Crippen LogP contribution is 2.35. The molecular weight excluding hydrogens is 362 g/mol. The number of carbonyl (C=O) groups is 1. The van der Waals surface area contributed by atoms with E-state index in [-0.39, 0.29) is 12.0 Å². The molecule has 0 bridgehead atoms. The van der Waals surface area contributed by atoms with E-state index in [4.69, 9.17) is 4.74 Å². The summed E-state index contributed by atoms with van der Waals surface area (Å²) in [6.45, 7) is 4.17. The van der Waals surface area contributed by atoms with Gasteiger partial charge in [-0.2, -0.15) is 0 Å². The molecule has 0 aliphatic carbocycles. The normalized spacial score (nSPS) is 16.6. The third kappa shape index (κ3) is 4.28. The maximum absolute atomic E-state index is 11.4. The standard InChI is InChI=1S/C25H27NO3/c1-2-29-23-9-5-8-21(17-23)24(26-14-12-19(13-15-26)25(27)28)22-11-10-18-6-3-4-7-20(18)16-22/h3-11,16-17,19,24H,2,12-15H2,1H3,(H,27,28). The maximum Gasteiger partial charge on any atom is 0.306 e. The lowest BCUT2D eigenvalue weighted by molar-refractivity contribution is -0.143. The number of benzene rings is 3. The number of nitrogens with zero attached hydrogens (tertiary/aromatic N) is 1. The van der Waals surface area contributed by atoms with Crippen LogP contribution in [-0.2, 0) is 4.79 Å². The number of hydrogen-bond acceptors (Lipinski definition) is 3. The first-order valence-corrected chi connectivity index (χ1v) is 10.3. The molecule has 1 aliphatic heterocycles. The number of piperidine rings is 1. The van der Waals surface area contributed by atoms with Gasteiger partial charge in [-0.15, -0.1) is 0 Å². The fourth-order valence-corrected chi connectivity index (χ4v) is 4.34. The molecule has 1 N–H and O–H groups in total. The Morgan fingerprint density at radius 1 is 1.00 bits per heavy atom. The molecule has 29 heavy (non-hydrogen) atoms. The zero-order valence-electron chi connectivity index (χ0n) is 16.8. The van der Waals surface area contributed by atoms with Crippen LogP contribution in [0, 0.1) is 5.92 Å². The Morgan fingerprint density at radius 2 is 1.72 bits per heavy atom. The topological polar surface area (TPSA) is 49.8 Å². The van der Waals surface area contributed by atoms with E-state index >= 15 is 0 Å². The molecule has 3 aromatic rings. The Morgan fingerprint density at radius 3 is 2.45 bits per heavy atom. The summed E-state index contributed by atoms with van der Waals surface area (Å²) >= 11 is 0. The van der Waals surface area contributed by atoms with Gasteiger partial charge in [0.15, 0.2) is 0 Å². The summed E-state index contributed by atoms with van der Waals surface area (Å²) in [4.78, 5) is 13.8. The van der Waals surface area contributed by atoms with Crippen LogP contribution in [-0.4, -0.2) is 35.7 Å². The molecule has 0 saturated carbocycles. The molecule has 1 saturated heterocycles. The van der Waals surface area contributed by atoms with Gasteiger partial charge in [0.25, 0.3) is 0 Å². The fourth-order valence-electron chi connectivity index (χ4n) is 4.34. The number of aliphatic carboxylic acids is 1. The van der Waals surface area contributed by atoms with Gasteiger partial charge in [-0.25, -0.2) is 0 Å². The molecule has 150 valence electrons. The van der Waals surface area contributed by atoms with Crippen molar-refractivity contribution in [2.75, 3.05) is 19.7 Å². The van der Waals surface area contributed by atoms with Crippen molar-refractivity contribution in [1.29, 1.82) is 0 Å². The molecule has 4 rings (SSSR count). The minimum atomic E-state index is -0.676. The molecule has 0 amide bonds. The van der Waals surface area contributed by atoms with Crippen molar-refractivity contribution >= 4 is 16.7 Å². The first-order valence-electron chi connectivity index (χ1n) is 10.3. The van der Waals surface area contributed by atoms with Crippen molar-refractivity contribution in [3.8, 4) is 5.75 Å². The first-order chi connectivity index (χ1) is 14.2. The summed E-state index contributed by atoms with van der Waals surface area (Å²) < 4.78 is 5.74. The van der Waals surface area contributed by atoms with Gasteiger partial charge in [-0.1, -0.05) is 48.5 Å². The Balaban J connectivity index is 1.72. The van der Waals surface area contributed by atoms with Crippen molar-refractivity contribution in [3.63, 3.8) is 0 Å². The molecule has 4 heteroatoms. The largest absolute Gasteiger partial charge is 0.494 e. The zero-order valence-corrected chi connectivity index (χ0v) is 16.8. The zero-order chi connectivity index (χ0) is 20.2. The third-order valence-electron chi connectivity index (χ3n) is 5.82. The van der Waals surface area contributed by atoms with Gasteiger partial charge >= 0.3 is 5.97 Å². The smallest absolute Gasteiger partial charge is 0.306 e. The van der Waals surface area contributed by atoms with Crippen molar-refractivity contribution in [2.24, 2.45) is 5.92 Å². The van der Waals surface area contributed by atoms with Gasteiger partial charge in [-0.3, -0.25) is 9.69 Å². The Bertz CT molecular complexity index is 992. The predicted molar refractivity (Wildman–Crippen MR) is 115 cm³/mol. The quantitative estimate of drug-likeness (QED) is 0.635. The van der Waals surface area contributed by atoms with Crippen LogP contribution in [0.15, 0.2) is 66.7 Å². The van der Waals surface area contributed by atoms with Crippen molar-refractivity contribution < 1.29 is 14.6 Å². The van der Waals surface area contributed by atoms with E-state index in [2.05, 4.69) is 59.5 Å². The van der Waals surface area contributed by atoms with Crippen molar-refractivity contribution in [1.82, 2.24) is 4.90 Å². The number of ether oxygens (including phenoxy) is 1. The second-order valence-electron chi connectivity index (χ2n) is 7.66. The van der Waals surface area contributed by atoms with E-state index in [9.17, 15) is 9.90 Å². The van der Waals surface area contributed by atoms with Gasteiger partial charge < -0.3 is 9.84 Å². The van der Waals surface area contributed by atoms with Crippen LogP contribution in [0.1, 0.15) is 36.9 Å². The Hall–Kier alpha value is -2.85. The first kappa shape index (κ1) is 19.5. The average Bonchev–Trinajstić information content (AvgIpc) is 2.75. The minimum absolute atomic E-state index is 0.0785. The number of carboxylic acid groups (broad SMARTS) is 1. The van der Waals surface area contributed by atoms with Crippen molar-refractivity contribution in [3.05, 3.63) is 77.9 Å². The molecule has 0 aromatic heterocycles. The van der Waals surface area contributed by atoms with E-state index in [1.54, 1.807) is 0 Å². The summed E-state index contributed by atoms with van der Waals surface area (Å²) in [6, 6.07) is 23.4. The van der Waals surface area contributed by atoms with Gasteiger partial charge in [0.2, 0.25) is 0 Å². The summed E-state index contributed by atoms with van der Waals surface area (Å²) in [6.07, 6.45) is 1.37. The van der Waals surface area contributed by atoms with Crippen molar-refractivity contribution in [2.45, 2.75) is 25.8 Å². The van der Waals surface area contributed by atoms with Crippen LogP contribution in [0.25, 0.3) is 10.8 Å². The monoisotopic (exact) mass is 389 g/mol. The summed E-state index contributed by atoms with van der Waals surface area (Å²) in [7, 11) is 0. The van der Waals surface area contributed by atoms with E-state index in [1.807, 2.05) is 19.1 Å². The van der Waals surface area contributed by atoms with E-state index in [1.165, 1.54) is 21.9 Å². The summed E-state index contributed by atoms with van der Waals surface area (Å²) in [5.41, 5.74) is 2.41. The molecule has 1 atom stereocenters. The van der Waals surface area contributed by atoms with Crippen LogP contribution >= 0.6 is 0 Å². The fraction of sp³-hybridized carbons (Fsp3) is 0.320. The average molecular weight is 389 g/mol. The second-order valence-corrected chi connectivity index (χ2v) is 7.66. The number of rotatable bonds is 6. The SMILES string of the molecule is CCOc1cccc(C(c2ccc3ccccc3c2)N2CCC(C(=O)O)CC2)c1. The molecule has 3 aromatic carbocycles. The molecule has 1 heterocycles. The Kier molecular flexibility index (Phi) is 5.81. The third-order valence-corrected chi connectivity index (χ3v) is 5.82. The van der Waals surface area contributed by atoms with E-state index in [0.717, 1.165) is 18.8 Å². The van der Waals surface area contributed by atoms with E-state index < -0.39 is 5.97 Å². The molecule has 4 nitrogen and oxygen atoms in total. The van der Waals surface area contributed by atoms with Crippen LogP contribution in [0.3, 0.4) is 0 Å². The molecule has 1 fully saturated rings. The number of fused-ring (bicyclic) bond motifs is 1. The maximum atomic E-state index is 11.4. The molecule has 1 aliphatic rings. The lowest BCUT2D eigenvalue weighted by atomic mass is 9.90. The highest BCUT2D eigenvalue weighted by molar-refractivity contribution is 5.83. The number of hydrogen-bond donors (Lipinski definition) is 1. The van der Waals surface area contributed by atoms with Crippen LogP contribution in [0.5, 0.6) is 5.75 Å². The summed E-state index contributed by atoms with van der Waals surface area (Å²) in [5, 5.41) is 11.8. The highest BCUT2D eigenvalue weighted by atomic mass is 16.5. The van der Waals surface area contributed by atoms with E-state index in [0.29, 0.717) is 19.4 Å². The Labute approximate surface area is 171 Å². The predicted octanol–water partition coefficient (Wildman–Crippen LogP) is 5.12. The number of carboxylic acids is 1. The lowest BCUT2D eigenvalue weighted by Crippen LogP contribution is -2.39. The second kappa shape index (κ2) is 8.66.